The van der Waals surface area contributed by atoms with E-state index in [9.17, 15) is 9.18 Å². The van der Waals surface area contributed by atoms with Crippen LogP contribution in [0.1, 0.15) is 43.2 Å². The largest absolute Gasteiger partial charge is 0.351 e. The Balaban J connectivity index is 1.77. The molecule has 2 nitrogen and oxygen atoms in total. The second-order valence-electron chi connectivity index (χ2n) is 6.32. The van der Waals surface area contributed by atoms with Gasteiger partial charge in [-0.1, -0.05) is 61.7 Å². The number of hydrogen-bond acceptors (Lipinski definition) is 1. The minimum atomic E-state index is -0.417. The summed E-state index contributed by atoms with van der Waals surface area (Å²) in [5, 5.41) is 3.07. The number of benzene rings is 2. The smallest absolute Gasteiger partial charge is 0.230 e. The number of carbonyl (C=O) groups excluding carboxylic acids is 1. The second kappa shape index (κ2) is 6.95. The molecule has 0 atom stereocenters. The van der Waals surface area contributed by atoms with Crippen LogP contribution in [0.5, 0.6) is 0 Å². The van der Waals surface area contributed by atoms with Gasteiger partial charge in [-0.2, -0.15) is 0 Å². The summed E-state index contributed by atoms with van der Waals surface area (Å²) < 4.78 is 13.0. The third kappa shape index (κ3) is 3.44. The Kier molecular flexibility index (Phi) is 4.75. The molecule has 0 radical (unpaired) electrons. The van der Waals surface area contributed by atoms with Crippen LogP contribution in [0.3, 0.4) is 0 Å². The number of carbonyl (C=O) groups is 1. The van der Waals surface area contributed by atoms with E-state index in [2.05, 4.69) is 17.4 Å². The standard InChI is InChI=1S/C20H22FNO/c21-18-11-9-16(10-12-18)15-22-19(23)20(13-5-2-6-14-20)17-7-3-1-4-8-17/h1,3-4,7-12H,2,5-6,13-15H2,(H,22,23). The molecule has 1 aliphatic rings. The Hall–Kier alpha value is -2.16. The molecule has 120 valence electrons. The van der Waals surface area contributed by atoms with E-state index in [1.54, 1.807) is 12.1 Å². The summed E-state index contributed by atoms with van der Waals surface area (Å²) in [5.74, 6) is -0.166. The fourth-order valence-electron chi connectivity index (χ4n) is 3.51. The summed E-state index contributed by atoms with van der Waals surface area (Å²) in [6.45, 7) is 0.438. The lowest BCUT2D eigenvalue weighted by molar-refractivity contribution is -0.128. The van der Waals surface area contributed by atoms with E-state index >= 15 is 0 Å². The van der Waals surface area contributed by atoms with Gasteiger partial charge in [0, 0.05) is 6.54 Å². The van der Waals surface area contributed by atoms with Gasteiger partial charge in [0.25, 0.3) is 0 Å². The lowest BCUT2D eigenvalue weighted by atomic mass is 9.68. The fourth-order valence-corrected chi connectivity index (χ4v) is 3.51. The average molecular weight is 311 g/mol. The Morgan fingerprint density at radius 2 is 1.61 bits per heavy atom. The number of rotatable bonds is 4. The highest BCUT2D eigenvalue weighted by Gasteiger charge is 2.40. The molecule has 1 N–H and O–H groups in total. The summed E-state index contributed by atoms with van der Waals surface area (Å²) in [7, 11) is 0. The number of hydrogen-bond donors (Lipinski definition) is 1. The quantitative estimate of drug-likeness (QED) is 0.894. The molecule has 0 heterocycles. The molecule has 3 heteroatoms. The highest BCUT2D eigenvalue weighted by Crippen LogP contribution is 2.39. The predicted octanol–water partition coefficient (Wildman–Crippen LogP) is 4.34. The first-order valence-corrected chi connectivity index (χ1v) is 8.29. The topological polar surface area (TPSA) is 29.1 Å². The maximum absolute atomic E-state index is 13.0. The van der Waals surface area contributed by atoms with Crippen LogP contribution in [0.2, 0.25) is 0 Å². The molecule has 1 aliphatic carbocycles. The van der Waals surface area contributed by atoms with Crippen molar-refractivity contribution in [3.05, 3.63) is 71.5 Å². The van der Waals surface area contributed by atoms with Crippen LogP contribution in [0, 0.1) is 5.82 Å². The first-order valence-electron chi connectivity index (χ1n) is 8.29. The molecule has 0 aromatic heterocycles. The molecular formula is C20H22FNO. The summed E-state index contributed by atoms with van der Waals surface area (Å²) in [6, 6.07) is 16.4. The monoisotopic (exact) mass is 311 g/mol. The normalized spacial score (nSPS) is 16.7. The Morgan fingerprint density at radius 1 is 0.957 bits per heavy atom. The van der Waals surface area contributed by atoms with E-state index in [4.69, 9.17) is 0 Å². The van der Waals surface area contributed by atoms with Gasteiger partial charge in [0.15, 0.2) is 0 Å². The van der Waals surface area contributed by atoms with Gasteiger partial charge in [-0.15, -0.1) is 0 Å². The van der Waals surface area contributed by atoms with Crippen molar-refractivity contribution in [3.8, 4) is 0 Å². The first kappa shape index (κ1) is 15.7. The summed E-state index contributed by atoms with van der Waals surface area (Å²) >= 11 is 0. The number of amides is 1. The minimum Gasteiger partial charge on any atom is -0.351 e. The van der Waals surface area contributed by atoms with Crippen LogP contribution in [-0.2, 0) is 16.8 Å². The van der Waals surface area contributed by atoms with Gasteiger partial charge in [0.2, 0.25) is 5.91 Å². The van der Waals surface area contributed by atoms with Gasteiger partial charge in [-0.25, -0.2) is 4.39 Å². The number of nitrogens with one attached hydrogen (secondary N) is 1. The molecule has 0 spiro atoms. The van der Waals surface area contributed by atoms with Crippen molar-refractivity contribution in [1.82, 2.24) is 5.32 Å². The lowest BCUT2D eigenvalue weighted by Crippen LogP contribution is -2.45. The van der Waals surface area contributed by atoms with Crippen LogP contribution in [0.15, 0.2) is 54.6 Å². The van der Waals surface area contributed by atoms with E-state index in [1.165, 1.54) is 18.6 Å². The molecule has 3 rings (SSSR count). The van der Waals surface area contributed by atoms with Crippen LogP contribution in [-0.4, -0.2) is 5.91 Å². The molecule has 2 aromatic rings. The lowest BCUT2D eigenvalue weighted by Gasteiger charge is -2.36. The molecule has 0 aliphatic heterocycles. The molecule has 0 saturated heterocycles. The maximum atomic E-state index is 13.0. The molecular weight excluding hydrogens is 289 g/mol. The summed E-state index contributed by atoms with van der Waals surface area (Å²) in [4.78, 5) is 13.0. The van der Waals surface area contributed by atoms with Gasteiger partial charge in [0.05, 0.1) is 5.41 Å². The minimum absolute atomic E-state index is 0.0905. The van der Waals surface area contributed by atoms with Gasteiger partial charge in [-0.05, 0) is 36.1 Å². The van der Waals surface area contributed by atoms with Crippen LogP contribution in [0.25, 0.3) is 0 Å². The van der Waals surface area contributed by atoms with Crippen molar-refractivity contribution < 1.29 is 9.18 Å². The zero-order valence-electron chi connectivity index (χ0n) is 13.2. The van der Waals surface area contributed by atoms with Crippen molar-refractivity contribution in [1.29, 1.82) is 0 Å². The van der Waals surface area contributed by atoms with Crippen LogP contribution in [0.4, 0.5) is 4.39 Å². The van der Waals surface area contributed by atoms with Crippen LogP contribution >= 0.6 is 0 Å². The molecule has 0 bridgehead atoms. The van der Waals surface area contributed by atoms with E-state index in [1.807, 2.05) is 18.2 Å². The van der Waals surface area contributed by atoms with E-state index in [-0.39, 0.29) is 11.7 Å². The molecule has 2 aromatic carbocycles. The van der Waals surface area contributed by atoms with Crippen molar-refractivity contribution >= 4 is 5.91 Å². The second-order valence-corrected chi connectivity index (χ2v) is 6.32. The predicted molar refractivity (Wildman–Crippen MR) is 89.5 cm³/mol. The third-order valence-corrected chi connectivity index (χ3v) is 4.83. The molecule has 1 saturated carbocycles. The molecule has 1 fully saturated rings. The van der Waals surface area contributed by atoms with Crippen molar-refractivity contribution in [2.45, 2.75) is 44.1 Å². The first-order chi connectivity index (χ1) is 11.2. The number of halogens is 1. The Labute approximate surface area is 136 Å². The highest BCUT2D eigenvalue weighted by molar-refractivity contribution is 5.88. The highest BCUT2D eigenvalue weighted by atomic mass is 19.1. The van der Waals surface area contributed by atoms with E-state index in [0.29, 0.717) is 6.54 Å². The van der Waals surface area contributed by atoms with Crippen molar-refractivity contribution in [3.63, 3.8) is 0 Å². The van der Waals surface area contributed by atoms with Crippen LogP contribution < -0.4 is 5.32 Å². The van der Waals surface area contributed by atoms with Gasteiger partial charge >= 0.3 is 0 Å². The van der Waals surface area contributed by atoms with Crippen molar-refractivity contribution in [2.75, 3.05) is 0 Å². The average Bonchev–Trinajstić information content (AvgIpc) is 2.62. The fraction of sp³-hybridized carbons (Fsp3) is 0.350. The van der Waals surface area contributed by atoms with Gasteiger partial charge in [-0.3, -0.25) is 4.79 Å². The molecule has 0 unspecified atom stereocenters. The van der Waals surface area contributed by atoms with Gasteiger partial charge in [0.1, 0.15) is 5.82 Å². The van der Waals surface area contributed by atoms with E-state index < -0.39 is 5.41 Å². The zero-order chi connectivity index (χ0) is 16.1. The molecule has 1 amide bonds. The molecule has 23 heavy (non-hydrogen) atoms. The van der Waals surface area contributed by atoms with Crippen molar-refractivity contribution in [2.24, 2.45) is 0 Å². The SMILES string of the molecule is O=C(NCc1ccc(F)cc1)C1(c2ccccc2)CCCCC1. The Bertz CT molecular complexity index is 645. The van der Waals surface area contributed by atoms with E-state index in [0.717, 1.165) is 36.8 Å². The zero-order valence-corrected chi connectivity index (χ0v) is 13.2. The maximum Gasteiger partial charge on any atom is 0.230 e. The Morgan fingerprint density at radius 3 is 2.26 bits per heavy atom. The summed E-state index contributed by atoms with van der Waals surface area (Å²) in [5.41, 5.74) is 1.61. The third-order valence-electron chi connectivity index (χ3n) is 4.83. The summed E-state index contributed by atoms with van der Waals surface area (Å²) in [6.07, 6.45) is 5.15. The van der Waals surface area contributed by atoms with Gasteiger partial charge < -0.3 is 5.32 Å².